The molecule has 0 N–H and O–H groups in total. The van der Waals surface area contributed by atoms with E-state index in [0.717, 1.165) is 4.47 Å². The van der Waals surface area contributed by atoms with Gasteiger partial charge in [-0.2, -0.15) is 0 Å². The summed E-state index contributed by atoms with van der Waals surface area (Å²) in [6, 6.07) is 10.4. The third kappa shape index (κ3) is 5.06. The Bertz CT molecular complexity index is 760. The first-order chi connectivity index (χ1) is 10.9. The highest BCUT2D eigenvalue weighted by Crippen LogP contribution is 2.29. The van der Waals surface area contributed by atoms with Crippen molar-refractivity contribution in [1.29, 1.82) is 0 Å². The van der Waals surface area contributed by atoms with E-state index in [-0.39, 0.29) is 11.9 Å². The zero-order valence-electron chi connectivity index (χ0n) is 12.5. The van der Waals surface area contributed by atoms with Crippen molar-refractivity contribution in [2.45, 2.75) is 13.8 Å². The van der Waals surface area contributed by atoms with Crippen LogP contribution in [0.3, 0.4) is 0 Å². The van der Waals surface area contributed by atoms with Crippen LogP contribution in [-0.4, -0.2) is 12.2 Å². The third-order valence-corrected chi connectivity index (χ3v) is 3.94. The molecule has 0 amide bonds. The van der Waals surface area contributed by atoms with Crippen molar-refractivity contribution in [2.24, 2.45) is 10.9 Å². The predicted octanol–water partition coefficient (Wildman–Crippen LogP) is 6.07. The van der Waals surface area contributed by atoms with Crippen molar-refractivity contribution in [1.82, 2.24) is 0 Å². The molecule has 0 unspecified atom stereocenters. The standard InChI is InChI=1S/C17H14BrCl2NO2/c1-10(2)17(22)23-16-6-3-12(18)7-11(16)9-21-15-5-4-13(19)8-14(15)20/h3-10H,1-2H3. The lowest BCUT2D eigenvalue weighted by molar-refractivity contribution is -0.137. The Kier molecular flexibility index (Phi) is 6.22. The molecule has 0 aromatic heterocycles. The first kappa shape index (κ1) is 18.0. The van der Waals surface area contributed by atoms with E-state index in [1.807, 2.05) is 6.07 Å². The molecule has 0 radical (unpaired) electrons. The predicted molar refractivity (Wildman–Crippen MR) is 98.3 cm³/mol. The van der Waals surface area contributed by atoms with Crippen LogP contribution in [0, 0.1) is 5.92 Å². The normalized spacial score (nSPS) is 11.2. The zero-order chi connectivity index (χ0) is 17.0. The minimum absolute atomic E-state index is 0.214. The van der Waals surface area contributed by atoms with Crippen molar-refractivity contribution < 1.29 is 9.53 Å². The smallest absolute Gasteiger partial charge is 0.313 e. The van der Waals surface area contributed by atoms with Gasteiger partial charge in [0.2, 0.25) is 0 Å². The fourth-order valence-corrected chi connectivity index (χ4v) is 2.50. The molecule has 0 saturated carbocycles. The van der Waals surface area contributed by atoms with Crippen LogP contribution in [0.25, 0.3) is 0 Å². The molecule has 0 atom stereocenters. The monoisotopic (exact) mass is 413 g/mol. The van der Waals surface area contributed by atoms with Gasteiger partial charge >= 0.3 is 5.97 Å². The number of benzene rings is 2. The summed E-state index contributed by atoms with van der Waals surface area (Å²) < 4.78 is 6.25. The molecule has 2 aromatic rings. The number of aliphatic imine (C=N–C) groups is 1. The largest absolute Gasteiger partial charge is 0.426 e. The average Bonchev–Trinajstić information content (AvgIpc) is 2.48. The van der Waals surface area contributed by atoms with Crippen molar-refractivity contribution in [3.05, 3.63) is 56.5 Å². The Balaban J connectivity index is 2.32. The molecule has 23 heavy (non-hydrogen) atoms. The molecule has 0 aliphatic rings. The van der Waals surface area contributed by atoms with Crippen LogP contribution < -0.4 is 4.74 Å². The van der Waals surface area contributed by atoms with Gasteiger partial charge in [0.1, 0.15) is 5.75 Å². The first-order valence-electron chi connectivity index (χ1n) is 6.87. The summed E-state index contributed by atoms with van der Waals surface area (Å²) in [6.45, 7) is 3.56. The molecule has 120 valence electrons. The maximum absolute atomic E-state index is 11.8. The van der Waals surface area contributed by atoms with Gasteiger partial charge in [-0.3, -0.25) is 9.79 Å². The number of hydrogen-bond donors (Lipinski definition) is 0. The van der Waals surface area contributed by atoms with E-state index < -0.39 is 0 Å². The van der Waals surface area contributed by atoms with Crippen LogP contribution in [0.5, 0.6) is 5.75 Å². The maximum atomic E-state index is 11.8. The molecule has 0 saturated heterocycles. The van der Waals surface area contributed by atoms with Gasteiger partial charge in [0.15, 0.2) is 0 Å². The summed E-state index contributed by atoms with van der Waals surface area (Å²) in [5.74, 6) is -0.0682. The Hall–Kier alpha value is -1.36. The highest BCUT2D eigenvalue weighted by atomic mass is 79.9. The summed E-state index contributed by atoms with van der Waals surface area (Å²) >= 11 is 15.4. The van der Waals surface area contributed by atoms with Crippen molar-refractivity contribution in [2.75, 3.05) is 0 Å². The second-order valence-electron chi connectivity index (χ2n) is 5.11. The molecule has 3 nitrogen and oxygen atoms in total. The van der Waals surface area contributed by atoms with E-state index >= 15 is 0 Å². The molecule has 0 spiro atoms. The van der Waals surface area contributed by atoms with Gasteiger partial charge in [-0.05, 0) is 36.4 Å². The fourth-order valence-electron chi connectivity index (χ4n) is 1.66. The lowest BCUT2D eigenvalue weighted by Crippen LogP contribution is -2.15. The fraction of sp³-hybridized carbons (Fsp3) is 0.176. The minimum atomic E-state index is -0.300. The third-order valence-electron chi connectivity index (χ3n) is 2.91. The number of rotatable bonds is 4. The molecule has 0 heterocycles. The number of carbonyl (C=O) groups is 1. The van der Waals surface area contributed by atoms with Gasteiger partial charge in [0.25, 0.3) is 0 Å². The van der Waals surface area contributed by atoms with Crippen LogP contribution in [-0.2, 0) is 4.79 Å². The molecule has 2 rings (SSSR count). The Morgan fingerprint density at radius 1 is 1.22 bits per heavy atom. The second kappa shape index (κ2) is 7.95. The van der Waals surface area contributed by atoms with Crippen molar-refractivity contribution >= 4 is 57.0 Å². The Labute approximate surface area is 153 Å². The van der Waals surface area contributed by atoms with E-state index in [9.17, 15) is 4.79 Å². The SMILES string of the molecule is CC(C)C(=O)Oc1ccc(Br)cc1C=Nc1ccc(Cl)cc1Cl. The summed E-state index contributed by atoms with van der Waals surface area (Å²) in [6.07, 6.45) is 1.60. The van der Waals surface area contributed by atoms with Gasteiger partial charge < -0.3 is 4.74 Å². The van der Waals surface area contributed by atoms with Gasteiger partial charge in [0.05, 0.1) is 16.6 Å². The molecular weight excluding hydrogens is 401 g/mol. The molecule has 0 fully saturated rings. The molecular formula is C17H14BrCl2NO2. The van der Waals surface area contributed by atoms with E-state index in [0.29, 0.717) is 27.0 Å². The quantitative estimate of drug-likeness (QED) is 0.346. The highest BCUT2D eigenvalue weighted by molar-refractivity contribution is 9.10. The molecule has 2 aromatic carbocycles. The van der Waals surface area contributed by atoms with E-state index in [2.05, 4.69) is 20.9 Å². The highest BCUT2D eigenvalue weighted by Gasteiger charge is 2.12. The second-order valence-corrected chi connectivity index (χ2v) is 6.87. The van der Waals surface area contributed by atoms with Gasteiger partial charge in [-0.1, -0.05) is 53.0 Å². The zero-order valence-corrected chi connectivity index (χ0v) is 15.6. The lowest BCUT2D eigenvalue weighted by atomic mass is 10.2. The molecule has 0 aliphatic heterocycles. The first-order valence-corrected chi connectivity index (χ1v) is 8.42. The number of halogens is 3. The molecule has 0 aliphatic carbocycles. The van der Waals surface area contributed by atoms with Crippen molar-refractivity contribution in [3.63, 3.8) is 0 Å². The van der Waals surface area contributed by atoms with Crippen molar-refractivity contribution in [3.8, 4) is 5.75 Å². The van der Waals surface area contributed by atoms with E-state index in [1.54, 1.807) is 50.4 Å². The van der Waals surface area contributed by atoms with Gasteiger partial charge in [-0.15, -0.1) is 0 Å². The maximum Gasteiger partial charge on any atom is 0.313 e. The summed E-state index contributed by atoms with van der Waals surface area (Å²) in [4.78, 5) is 16.1. The Morgan fingerprint density at radius 2 is 1.96 bits per heavy atom. The topological polar surface area (TPSA) is 38.7 Å². The summed E-state index contributed by atoms with van der Waals surface area (Å²) in [5, 5.41) is 0.993. The number of esters is 1. The minimum Gasteiger partial charge on any atom is -0.426 e. The summed E-state index contributed by atoms with van der Waals surface area (Å²) in [5.41, 5.74) is 1.25. The van der Waals surface area contributed by atoms with Crippen LogP contribution in [0.1, 0.15) is 19.4 Å². The molecule has 0 bridgehead atoms. The van der Waals surface area contributed by atoms with Crippen LogP contribution >= 0.6 is 39.1 Å². The number of carbonyl (C=O) groups excluding carboxylic acids is 1. The van der Waals surface area contributed by atoms with E-state index in [4.69, 9.17) is 27.9 Å². The lowest BCUT2D eigenvalue weighted by Gasteiger charge is -2.09. The van der Waals surface area contributed by atoms with Gasteiger partial charge in [0, 0.05) is 21.3 Å². The summed E-state index contributed by atoms with van der Waals surface area (Å²) in [7, 11) is 0. The van der Waals surface area contributed by atoms with Gasteiger partial charge in [-0.25, -0.2) is 0 Å². The number of ether oxygens (including phenoxy) is 1. The van der Waals surface area contributed by atoms with E-state index in [1.165, 1.54) is 0 Å². The average molecular weight is 415 g/mol. The van der Waals surface area contributed by atoms with Crippen LogP contribution in [0.4, 0.5) is 5.69 Å². The Morgan fingerprint density at radius 3 is 2.61 bits per heavy atom. The van der Waals surface area contributed by atoms with Crippen LogP contribution in [0.15, 0.2) is 45.9 Å². The van der Waals surface area contributed by atoms with Crippen LogP contribution in [0.2, 0.25) is 10.0 Å². The number of hydrogen-bond acceptors (Lipinski definition) is 3. The number of nitrogens with zero attached hydrogens (tertiary/aromatic N) is 1. The molecule has 6 heteroatoms.